The summed E-state index contributed by atoms with van der Waals surface area (Å²) in [6.07, 6.45) is -16.5. The molecule has 0 amide bonds. The number of aliphatic hydroxyl groups excluding tert-OH is 6. The van der Waals surface area contributed by atoms with Crippen molar-refractivity contribution in [1.82, 2.24) is 0 Å². The van der Waals surface area contributed by atoms with E-state index in [2.05, 4.69) is 0 Å². The van der Waals surface area contributed by atoms with Crippen molar-refractivity contribution in [2.75, 3.05) is 0 Å². The molecular formula is C12H20O11. The van der Waals surface area contributed by atoms with E-state index in [9.17, 15) is 35.4 Å². The largest absolute Gasteiger partial charge is 0.479 e. The van der Waals surface area contributed by atoms with Crippen LogP contribution in [-0.2, 0) is 19.0 Å². The van der Waals surface area contributed by atoms with Crippen molar-refractivity contribution < 1.29 is 54.8 Å². The highest BCUT2D eigenvalue weighted by Crippen LogP contribution is 2.28. The molecule has 1 unspecified atom stereocenters. The van der Waals surface area contributed by atoms with Crippen LogP contribution in [0.4, 0.5) is 0 Å². The second-order valence-corrected chi connectivity index (χ2v) is 5.55. The summed E-state index contributed by atoms with van der Waals surface area (Å²) >= 11 is 0. The Bertz CT molecular complexity index is 431. The maximum Gasteiger partial charge on any atom is 0.335 e. The normalized spacial score (nSPS) is 51.4. The lowest BCUT2D eigenvalue weighted by atomic mass is 9.97. The first-order valence-electron chi connectivity index (χ1n) is 6.92. The quantitative estimate of drug-likeness (QED) is 0.263. The number of carbonyl (C=O) groups is 1. The Balaban J connectivity index is 2.12. The molecule has 0 aromatic rings. The average Bonchev–Trinajstić information content (AvgIpc) is 2.48. The summed E-state index contributed by atoms with van der Waals surface area (Å²) in [6.45, 7) is 1.40. The van der Waals surface area contributed by atoms with E-state index in [1.807, 2.05) is 0 Å². The molecule has 0 radical (unpaired) electrons. The third-order valence-electron chi connectivity index (χ3n) is 3.91. The van der Waals surface area contributed by atoms with E-state index in [-0.39, 0.29) is 0 Å². The number of aliphatic carboxylic acids is 1. The van der Waals surface area contributed by atoms with Crippen LogP contribution < -0.4 is 0 Å². The van der Waals surface area contributed by atoms with Gasteiger partial charge in [0, 0.05) is 0 Å². The van der Waals surface area contributed by atoms with Gasteiger partial charge in [0.1, 0.15) is 36.6 Å². The van der Waals surface area contributed by atoms with Crippen LogP contribution in [0.2, 0.25) is 0 Å². The van der Waals surface area contributed by atoms with Crippen molar-refractivity contribution in [2.45, 2.75) is 68.3 Å². The number of aliphatic hydroxyl groups is 6. The molecule has 11 heteroatoms. The molecule has 10 atom stereocenters. The minimum atomic E-state index is -1.90. The standard InChI is InChI=1S/C12H20O11/c1-2-3(13)5(15)9(11(20)21-2)23-12-7(17)4(14)6(16)8(22-12)10(18)19/h2-9,11-17,20H,1H3,(H,18,19)/t2-,3-,4-,5+,6-,7+,8-,9+,11?,12+/m0/s1. The lowest BCUT2D eigenvalue weighted by molar-refractivity contribution is -0.355. The summed E-state index contributed by atoms with van der Waals surface area (Å²) in [5, 5.41) is 67.3. The van der Waals surface area contributed by atoms with Gasteiger partial charge in [0.05, 0.1) is 6.10 Å². The lowest BCUT2D eigenvalue weighted by Crippen LogP contribution is -2.64. The van der Waals surface area contributed by atoms with Gasteiger partial charge < -0.3 is 50.0 Å². The van der Waals surface area contributed by atoms with Crippen molar-refractivity contribution >= 4 is 5.97 Å². The molecule has 2 aliphatic heterocycles. The number of carboxylic acids is 1. The van der Waals surface area contributed by atoms with E-state index < -0.39 is 67.4 Å². The Kier molecular flexibility index (Phi) is 5.56. The number of hydrogen-bond acceptors (Lipinski definition) is 10. The third-order valence-corrected chi connectivity index (χ3v) is 3.91. The van der Waals surface area contributed by atoms with Gasteiger partial charge in [-0.05, 0) is 6.92 Å². The highest BCUT2D eigenvalue weighted by molar-refractivity contribution is 5.73. The highest BCUT2D eigenvalue weighted by atomic mass is 16.7. The van der Waals surface area contributed by atoms with E-state index in [1.165, 1.54) is 6.92 Å². The van der Waals surface area contributed by atoms with Gasteiger partial charge in [-0.15, -0.1) is 0 Å². The zero-order valence-electron chi connectivity index (χ0n) is 12.0. The van der Waals surface area contributed by atoms with Crippen LogP contribution in [0.1, 0.15) is 6.92 Å². The Hall–Kier alpha value is -0.890. The summed E-state index contributed by atoms with van der Waals surface area (Å²) in [5.41, 5.74) is 0. The first-order valence-corrected chi connectivity index (χ1v) is 6.92. The molecule has 0 saturated carbocycles. The van der Waals surface area contributed by atoms with Crippen LogP contribution in [0.25, 0.3) is 0 Å². The van der Waals surface area contributed by atoms with Gasteiger partial charge in [-0.2, -0.15) is 0 Å². The Morgan fingerprint density at radius 1 is 0.870 bits per heavy atom. The molecule has 7 N–H and O–H groups in total. The maximum absolute atomic E-state index is 11.0. The van der Waals surface area contributed by atoms with Crippen molar-refractivity contribution in [3.8, 4) is 0 Å². The zero-order valence-corrected chi connectivity index (χ0v) is 12.0. The molecule has 0 bridgehead atoms. The second-order valence-electron chi connectivity index (χ2n) is 5.55. The lowest BCUT2D eigenvalue weighted by Gasteiger charge is -2.44. The van der Waals surface area contributed by atoms with Crippen molar-refractivity contribution in [3.63, 3.8) is 0 Å². The van der Waals surface area contributed by atoms with Gasteiger partial charge in [0.2, 0.25) is 0 Å². The number of rotatable bonds is 3. The summed E-state index contributed by atoms with van der Waals surface area (Å²) < 4.78 is 14.9. The Morgan fingerprint density at radius 3 is 2.04 bits per heavy atom. The molecule has 0 aromatic carbocycles. The monoisotopic (exact) mass is 340 g/mol. The van der Waals surface area contributed by atoms with E-state index in [1.54, 1.807) is 0 Å². The van der Waals surface area contributed by atoms with Gasteiger partial charge >= 0.3 is 5.97 Å². The molecule has 134 valence electrons. The van der Waals surface area contributed by atoms with E-state index >= 15 is 0 Å². The maximum atomic E-state index is 11.0. The molecule has 23 heavy (non-hydrogen) atoms. The molecule has 11 nitrogen and oxygen atoms in total. The van der Waals surface area contributed by atoms with Crippen LogP contribution in [0, 0.1) is 0 Å². The minimum Gasteiger partial charge on any atom is -0.479 e. The van der Waals surface area contributed by atoms with E-state index in [0.29, 0.717) is 0 Å². The van der Waals surface area contributed by atoms with Crippen LogP contribution in [0.15, 0.2) is 0 Å². The second kappa shape index (κ2) is 6.93. The van der Waals surface area contributed by atoms with Crippen molar-refractivity contribution in [2.24, 2.45) is 0 Å². The van der Waals surface area contributed by atoms with Gasteiger partial charge in [0.15, 0.2) is 18.7 Å². The SMILES string of the molecule is C[C@@H]1OC(O)[C@H](O[C@H]2O[C@H](C(=O)O)[C@@H](O)[C@H](O)[C@H]2O)[C@H](O)[C@H]1O. The van der Waals surface area contributed by atoms with Crippen molar-refractivity contribution in [3.05, 3.63) is 0 Å². The first kappa shape index (κ1) is 18.4. The van der Waals surface area contributed by atoms with Crippen LogP contribution in [0.3, 0.4) is 0 Å². The van der Waals surface area contributed by atoms with Crippen LogP contribution in [0.5, 0.6) is 0 Å². The molecule has 0 spiro atoms. The van der Waals surface area contributed by atoms with Gasteiger partial charge in [-0.3, -0.25) is 0 Å². The van der Waals surface area contributed by atoms with Gasteiger partial charge in [-0.1, -0.05) is 0 Å². The molecule has 2 saturated heterocycles. The minimum absolute atomic E-state index is 0.892. The molecule has 0 aliphatic carbocycles. The number of ether oxygens (including phenoxy) is 3. The average molecular weight is 340 g/mol. The Morgan fingerprint density at radius 2 is 1.48 bits per heavy atom. The summed E-state index contributed by atoms with van der Waals surface area (Å²) in [4.78, 5) is 11.0. The third kappa shape index (κ3) is 3.47. The fourth-order valence-electron chi connectivity index (χ4n) is 2.49. The fourth-order valence-corrected chi connectivity index (χ4v) is 2.49. The van der Waals surface area contributed by atoms with Gasteiger partial charge in [-0.25, -0.2) is 4.79 Å². The highest BCUT2D eigenvalue weighted by Gasteiger charge is 2.51. The number of hydrogen-bond donors (Lipinski definition) is 7. The van der Waals surface area contributed by atoms with Gasteiger partial charge in [0.25, 0.3) is 0 Å². The molecule has 0 aromatic heterocycles. The molecule has 2 aliphatic rings. The fraction of sp³-hybridized carbons (Fsp3) is 0.917. The topological polar surface area (TPSA) is 186 Å². The predicted octanol–water partition coefficient (Wildman–Crippen LogP) is -4.28. The molecule has 2 fully saturated rings. The van der Waals surface area contributed by atoms with Crippen LogP contribution in [-0.4, -0.2) is 103 Å². The Labute approximate surface area is 130 Å². The molecular weight excluding hydrogens is 320 g/mol. The zero-order chi connectivity index (χ0) is 17.5. The summed E-state index contributed by atoms with van der Waals surface area (Å²) in [5.74, 6) is -1.60. The number of carboxylic acid groups (broad SMARTS) is 1. The van der Waals surface area contributed by atoms with E-state index in [4.69, 9.17) is 19.3 Å². The summed E-state index contributed by atoms with van der Waals surface area (Å²) in [7, 11) is 0. The smallest absolute Gasteiger partial charge is 0.335 e. The molecule has 2 rings (SSSR count). The van der Waals surface area contributed by atoms with Crippen LogP contribution >= 0.6 is 0 Å². The molecule has 2 heterocycles. The predicted molar refractivity (Wildman–Crippen MR) is 67.8 cm³/mol. The summed E-state index contributed by atoms with van der Waals surface area (Å²) in [6, 6.07) is 0. The first-order chi connectivity index (χ1) is 10.6. The van der Waals surface area contributed by atoms with Crippen molar-refractivity contribution in [1.29, 1.82) is 0 Å². The van der Waals surface area contributed by atoms with E-state index in [0.717, 1.165) is 0 Å².